The number of aliphatic hydroxyl groups excluding tert-OH is 1. The number of esters is 1. The fraction of sp³-hybridized carbons (Fsp3) is 0.263. The maximum atomic E-state index is 12.6. The smallest absolute Gasteiger partial charge is 0.416 e. The van der Waals surface area contributed by atoms with Crippen LogP contribution in [0, 0.1) is 0 Å². The van der Waals surface area contributed by atoms with Crippen LogP contribution in [0.5, 0.6) is 0 Å². The Hall–Kier alpha value is -2.58. The molecule has 0 saturated heterocycles. The van der Waals surface area contributed by atoms with E-state index in [0.717, 1.165) is 31.4 Å². The molecular weight excluding hydrogens is 399 g/mol. The molecule has 0 unspecified atom stereocenters. The zero-order valence-corrected chi connectivity index (χ0v) is 15.4. The number of alkyl halides is 3. The summed E-state index contributed by atoms with van der Waals surface area (Å²) in [6.45, 7) is 0. The average Bonchev–Trinajstić information content (AvgIpc) is 2.67. The van der Waals surface area contributed by atoms with E-state index in [1.54, 1.807) is 24.3 Å². The number of hydrogen-bond donors (Lipinski definition) is 2. The first-order valence-electron chi connectivity index (χ1n) is 8.10. The molecule has 2 aromatic carbocycles. The first-order valence-corrected chi connectivity index (χ1v) is 8.48. The Morgan fingerprint density at radius 1 is 1.14 bits per heavy atom. The van der Waals surface area contributed by atoms with Gasteiger partial charge in [-0.15, -0.1) is 0 Å². The van der Waals surface area contributed by atoms with Gasteiger partial charge in [0.1, 0.15) is 6.04 Å². The van der Waals surface area contributed by atoms with Crippen molar-refractivity contribution in [3.63, 3.8) is 0 Å². The summed E-state index contributed by atoms with van der Waals surface area (Å²) in [4.78, 5) is 24.3. The zero-order chi connectivity index (χ0) is 20.9. The highest BCUT2D eigenvalue weighted by Gasteiger charge is 2.31. The number of ether oxygens (including phenoxy) is 1. The Morgan fingerprint density at radius 3 is 2.29 bits per heavy atom. The van der Waals surface area contributed by atoms with Crippen molar-refractivity contribution in [2.45, 2.75) is 24.7 Å². The van der Waals surface area contributed by atoms with Gasteiger partial charge in [-0.05, 0) is 29.3 Å². The fourth-order valence-electron chi connectivity index (χ4n) is 2.48. The SMILES string of the molecule is COC(=O)[C@@H](Cc1ccccc1Cl)NC(=O)[C@@H](O)c1ccc(C(F)(F)F)cc1. The van der Waals surface area contributed by atoms with Crippen molar-refractivity contribution in [3.05, 3.63) is 70.2 Å². The first kappa shape index (κ1) is 21.7. The molecule has 9 heteroatoms. The molecule has 2 rings (SSSR count). The average molecular weight is 416 g/mol. The van der Waals surface area contributed by atoms with E-state index >= 15 is 0 Å². The molecule has 0 aliphatic heterocycles. The van der Waals surface area contributed by atoms with Crippen molar-refractivity contribution < 1.29 is 32.6 Å². The van der Waals surface area contributed by atoms with Gasteiger partial charge in [0.05, 0.1) is 12.7 Å². The van der Waals surface area contributed by atoms with E-state index in [1.165, 1.54) is 0 Å². The van der Waals surface area contributed by atoms with E-state index in [4.69, 9.17) is 11.6 Å². The molecular formula is C19H17ClF3NO4. The van der Waals surface area contributed by atoms with E-state index in [-0.39, 0.29) is 12.0 Å². The second kappa shape index (κ2) is 9.07. The highest BCUT2D eigenvalue weighted by Crippen LogP contribution is 2.30. The van der Waals surface area contributed by atoms with Crippen molar-refractivity contribution in [2.75, 3.05) is 7.11 Å². The number of aliphatic hydroxyl groups is 1. The molecule has 2 atom stereocenters. The number of halogens is 4. The van der Waals surface area contributed by atoms with Crippen LogP contribution in [0.3, 0.4) is 0 Å². The van der Waals surface area contributed by atoms with Crippen LogP contribution in [0.1, 0.15) is 22.8 Å². The van der Waals surface area contributed by atoms with Gasteiger partial charge < -0.3 is 15.2 Å². The molecule has 1 amide bonds. The highest BCUT2D eigenvalue weighted by atomic mass is 35.5. The largest absolute Gasteiger partial charge is 0.467 e. The van der Waals surface area contributed by atoms with Crippen LogP contribution in [0.15, 0.2) is 48.5 Å². The molecule has 0 radical (unpaired) electrons. The Morgan fingerprint density at radius 2 is 1.75 bits per heavy atom. The summed E-state index contributed by atoms with van der Waals surface area (Å²) in [6.07, 6.45) is -6.28. The van der Waals surface area contributed by atoms with Gasteiger partial charge in [0.25, 0.3) is 5.91 Å². The van der Waals surface area contributed by atoms with Gasteiger partial charge in [0.15, 0.2) is 6.10 Å². The van der Waals surface area contributed by atoms with Crippen LogP contribution in [0.25, 0.3) is 0 Å². The summed E-state index contributed by atoms with van der Waals surface area (Å²) in [5.41, 5.74) is -0.384. The second-order valence-electron chi connectivity index (χ2n) is 5.90. The molecule has 0 aliphatic carbocycles. The number of rotatable bonds is 6. The topological polar surface area (TPSA) is 75.6 Å². The lowest BCUT2D eigenvalue weighted by atomic mass is 10.0. The highest BCUT2D eigenvalue weighted by molar-refractivity contribution is 6.31. The quantitative estimate of drug-likeness (QED) is 0.710. The second-order valence-corrected chi connectivity index (χ2v) is 6.31. The van der Waals surface area contributed by atoms with Gasteiger partial charge in [-0.1, -0.05) is 41.9 Å². The molecule has 150 valence electrons. The molecule has 0 aromatic heterocycles. The van der Waals surface area contributed by atoms with E-state index in [9.17, 15) is 27.9 Å². The van der Waals surface area contributed by atoms with Gasteiger partial charge >= 0.3 is 12.1 Å². The summed E-state index contributed by atoms with van der Waals surface area (Å²) in [5.74, 6) is -1.71. The minimum atomic E-state index is -4.53. The van der Waals surface area contributed by atoms with Gasteiger partial charge in [-0.25, -0.2) is 4.79 Å². The summed E-state index contributed by atoms with van der Waals surface area (Å²) >= 11 is 6.06. The van der Waals surface area contributed by atoms with Crippen molar-refractivity contribution in [1.29, 1.82) is 0 Å². The Kier molecular flexibility index (Phi) is 7.04. The van der Waals surface area contributed by atoms with Crippen molar-refractivity contribution in [3.8, 4) is 0 Å². The molecule has 0 bridgehead atoms. The maximum Gasteiger partial charge on any atom is 0.416 e. The molecule has 2 aromatic rings. The third kappa shape index (κ3) is 5.46. The molecule has 2 N–H and O–H groups in total. The fourth-order valence-corrected chi connectivity index (χ4v) is 2.69. The number of carbonyl (C=O) groups excluding carboxylic acids is 2. The first-order chi connectivity index (χ1) is 13.1. The number of carbonyl (C=O) groups is 2. The van der Waals surface area contributed by atoms with Crippen molar-refractivity contribution in [1.82, 2.24) is 5.32 Å². The Bertz CT molecular complexity index is 840. The Labute approximate surface area is 164 Å². The minimum Gasteiger partial charge on any atom is -0.467 e. The van der Waals surface area contributed by atoms with Crippen LogP contribution in [-0.4, -0.2) is 30.1 Å². The molecule has 0 fully saturated rings. The van der Waals surface area contributed by atoms with E-state index in [1.807, 2.05) is 0 Å². The third-order valence-electron chi connectivity index (χ3n) is 3.99. The number of hydrogen-bond acceptors (Lipinski definition) is 4. The molecule has 0 spiro atoms. The number of amides is 1. The van der Waals surface area contributed by atoms with Crippen LogP contribution < -0.4 is 5.32 Å². The van der Waals surface area contributed by atoms with Crippen LogP contribution >= 0.6 is 11.6 Å². The lowest BCUT2D eigenvalue weighted by molar-refractivity contribution is -0.146. The van der Waals surface area contributed by atoms with E-state index in [2.05, 4.69) is 10.1 Å². The van der Waals surface area contributed by atoms with Crippen LogP contribution in [0.4, 0.5) is 13.2 Å². The van der Waals surface area contributed by atoms with Crippen molar-refractivity contribution >= 4 is 23.5 Å². The normalized spacial score (nSPS) is 13.5. The van der Waals surface area contributed by atoms with Crippen molar-refractivity contribution in [2.24, 2.45) is 0 Å². The molecule has 28 heavy (non-hydrogen) atoms. The summed E-state index contributed by atoms with van der Waals surface area (Å²) < 4.78 is 42.5. The van der Waals surface area contributed by atoms with E-state index < -0.39 is 35.8 Å². The molecule has 0 aliphatic rings. The zero-order valence-electron chi connectivity index (χ0n) is 14.7. The summed E-state index contributed by atoms with van der Waals surface area (Å²) in [6, 6.07) is 9.05. The van der Waals surface area contributed by atoms with Gasteiger partial charge in [0, 0.05) is 11.4 Å². The lowest BCUT2D eigenvalue weighted by Gasteiger charge is -2.19. The van der Waals surface area contributed by atoms with Crippen LogP contribution in [0.2, 0.25) is 5.02 Å². The number of benzene rings is 2. The summed E-state index contributed by atoms with van der Waals surface area (Å²) in [7, 11) is 1.14. The van der Waals surface area contributed by atoms with E-state index in [0.29, 0.717) is 10.6 Å². The lowest BCUT2D eigenvalue weighted by Crippen LogP contribution is -2.45. The number of nitrogens with one attached hydrogen (secondary N) is 1. The standard InChI is InChI=1S/C19H17ClF3NO4/c1-28-18(27)15(10-12-4-2-3-5-14(12)20)24-17(26)16(25)11-6-8-13(9-7-11)19(21,22)23/h2-9,15-16,25H,10H2,1H3,(H,24,26)/t15-,16+/m1/s1. The monoisotopic (exact) mass is 415 g/mol. The molecule has 0 heterocycles. The minimum absolute atomic E-state index is 0.0117. The van der Waals surface area contributed by atoms with Gasteiger partial charge in [0.2, 0.25) is 0 Å². The predicted octanol–water partition coefficient (Wildman–Crippen LogP) is 3.29. The number of methoxy groups -OCH3 is 1. The molecule has 5 nitrogen and oxygen atoms in total. The van der Waals surface area contributed by atoms with Crippen LogP contribution in [-0.2, 0) is 26.9 Å². The van der Waals surface area contributed by atoms with Gasteiger partial charge in [-0.3, -0.25) is 4.79 Å². The molecule has 0 saturated carbocycles. The van der Waals surface area contributed by atoms with Gasteiger partial charge in [-0.2, -0.15) is 13.2 Å². The maximum absolute atomic E-state index is 12.6. The Balaban J connectivity index is 2.14. The predicted molar refractivity (Wildman–Crippen MR) is 95.5 cm³/mol. The third-order valence-corrected chi connectivity index (χ3v) is 4.35. The summed E-state index contributed by atoms with van der Waals surface area (Å²) in [5, 5.41) is 12.9.